The molecule has 0 amide bonds. The van der Waals surface area contributed by atoms with Crippen molar-refractivity contribution in [2.75, 3.05) is 0 Å². The summed E-state index contributed by atoms with van der Waals surface area (Å²) in [6, 6.07) is 0. The van der Waals surface area contributed by atoms with Crippen LogP contribution in [-0.4, -0.2) is 39.4 Å². The van der Waals surface area contributed by atoms with Crippen LogP contribution in [0.15, 0.2) is 74.4 Å². The van der Waals surface area contributed by atoms with Crippen LogP contribution in [0.2, 0.25) is 0 Å². The van der Waals surface area contributed by atoms with Crippen molar-refractivity contribution in [3.05, 3.63) is 74.4 Å². The number of carbonyl (C=O) groups is 3. The van der Waals surface area contributed by atoms with Gasteiger partial charge in [-0.15, -0.1) is 0 Å². The molecular formula is C15H15O6Sb. The van der Waals surface area contributed by atoms with Gasteiger partial charge in [0, 0.05) is 0 Å². The van der Waals surface area contributed by atoms with Crippen LogP contribution < -0.4 is 0 Å². The molecule has 0 saturated heterocycles. The Morgan fingerprint density at radius 3 is 1.14 bits per heavy atom. The van der Waals surface area contributed by atoms with Crippen LogP contribution in [0.25, 0.3) is 0 Å². The molecule has 0 spiro atoms. The molecule has 0 unspecified atom stereocenters. The van der Waals surface area contributed by atoms with Gasteiger partial charge in [-0.25, -0.2) is 0 Å². The van der Waals surface area contributed by atoms with E-state index in [-0.39, 0.29) is 0 Å². The van der Waals surface area contributed by atoms with E-state index in [0.717, 1.165) is 18.2 Å². The molecule has 116 valence electrons. The van der Waals surface area contributed by atoms with Gasteiger partial charge in [0.05, 0.1) is 0 Å². The average molecular weight is 413 g/mol. The van der Waals surface area contributed by atoms with E-state index in [1.807, 2.05) is 0 Å². The molecule has 0 aromatic heterocycles. The van der Waals surface area contributed by atoms with Gasteiger partial charge in [-0.05, 0) is 0 Å². The molecule has 0 aliphatic rings. The first-order valence-electron chi connectivity index (χ1n) is 5.86. The van der Waals surface area contributed by atoms with Crippen molar-refractivity contribution in [2.24, 2.45) is 0 Å². The molecular weight excluding hydrogens is 398 g/mol. The van der Waals surface area contributed by atoms with E-state index in [1.165, 1.54) is 36.5 Å². The molecule has 0 atom stereocenters. The first-order chi connectivity index (χ1) is 10.5. The van der Waals surface area contributed by atoms with E-state index < -0.39 is 39.4 Å². The monoisotopic (exact) mass is 412 g/mol. The zero-order valence-electron chi connectivity index (χ0n) is 11.7. The molecule has 22 heavy (non-hydrogen) atoms. The summed E-state index contributed by atoms with van der Waals surface area (Å²) in [5, 5.41) is 0. The van der Waals surface area contributed by atoms with Crippen molar-refractivity contribution in [3.8, 4) is 0 Å². The number of allylic oxidation sites excluding steroid dienone is 6. The third kappa shape index (κ3) is 10.5. The van der Waals surface area contributed by atoms with Gasteiger partial charge in [0.2, 0.25) is 0 Å². The maximum atomic E-state index is 11.4. The molecule has 0 radical (unpaired) electrons. The quantitative estimate of drug-likeness (QED) is 0.326. The first-order valence-corrected chi connectivity index (χ1v) is 8.99. The number of hydrogen-bond acceptors (Lipinski definition) is 6. The third-order valence-electron chi connectivity index (χ3n) is 1.60. The molecule has 0 saturated carbocycles. The summed E-state index contributed by atoms with van der Waals surface area (Å²) in [5.74, 6) is -2.41. The summed E-state index contributed by atoms with van der Waals surface area (Å²) >= 11 is -3.82. The van der Waals surface area contributed by atoms with Gasteiger partial charge < -0.3 is 0 Å². The Balaban J connectivity index is 4.84. The predicted molar refractivity (Wildman–Crippen MR) is 82.0 cm³/mol. The van der Waals surface area contributed by atoms with E-state index in [4.69, 9.17) is 9.05 Å². The van der Waals surface area contributed by atoms with Gasteiger partial charge in [-0.2, -0.15) is 0 Å². The number of rotatable bonds is 9. The zero-order chi connectivity index (χ0) is 16.8. The summed E-state index contributed by atoms with van der Waals surface area (Å²) in [5.41, 5.74) is 0. The standard InChI is InChI=1S/3C5H6O2.Sb/c3*1-2-3-4-5(6)7;/h3*2-4H,1H2,(H,6,7);/q;;;+3/p-3. The molecule has 0 aromatic rings. The second kappa shape index (κ2) is 12.4. The van der Waals surface area contributed by atoms with Gasteiger partial charge in [0.1, 0.15) is 0 Å². The molecule has 0 aliphatic heterocycles. The normalized spacial score (nSPS) is 10.8. The average Bonchev–Trinajstić information content (AvgIpc) is 2.48. The summed E-state index contributed by atoms with van der Waals surface area (Å²) in [7, 11) is 0. The van der Waals surface area contributed by atoms with Crippen molar-refractivity contribution in [1.29, 1.82) is 0 Å². The van der Waals surface area contributed by atoms with Crippen LogP contribution in [-0.2, 0) is 23.4 Å². The van der Waals surface area contributed by atoms with E-state index in [0.29, 0.717) is 0 Å². The minimum atomic E-state index is -3.82. The van der Waals surface area contributed by atoms with Crippen LogP contribution in [0.5, 0.6) is 0 Å². The van der Waals surface area contributed by atoms with Crippen LogP contribution in [0, 0.1) is 0 Å². The van der Waals surface area contributed by atoms with E-state index in [2.05, 4.69) is 19.7 Å². The molecule has 7 heteroatoms. The Kier molecular flexibility index (Phi) is 11.1. The molecule has 0 aliphatic carbocycles. The van der Waals surface area contributed by atoms with Crippen LogP contribution in [0.3, 0.4) is 0 Å². The van der Waals surface area contributed by atoms with Crippen molar-refractivity contribution in [3.63, 3.8) is 0 Å². The number of carbonyl (C=O) groups excluding carboxylic acids is 3. The fraction of sp³-hybridized carbons (Fsp3) is 0. The van der Waals surface area contributed by atoms with Gasteiger partial charge in [-0.1, -0.05) is 0 Å². The molecule has 0 bridgehead atoms. The Morgan fingerprint density at radius 1 is 0.636 bits per heavy atom. The van der Waals surface area contributed by atoms with E-state index in [9.17, 15) is 14.4 Å². The SMILES string of the molecule is C=CC=CC(=O)[O][Sb]([O]C(=O)C=CC=C)[O]C(=O)C=CC=C. The molecule has 0 N–H and O–H groups in total. The summed E-state index contributed by atoms with van der Waals surface area (Å²) in [4.78, 5) is 34.3. The second-order valence-electron chi connectivity index (χ2n) is 3.24. The Morgan fingerprint density at radius 2 is 0.909 bits per heavy atom. The third-order valence-corrected chi connectivity index (χ3v) is 4.42. The molecule has 0 heterocycles. The van der Waals surface area contributed by atoms with E-state index >= 15 is 0 Å². The predicted octanol–water partition coefficient (Wildman–Crippen LogP) is 1.83. The fourth-order valence-electron chi connectivity index (χ4n) is 0.807. The maximum absolute atomic E-state index is 11.4. The van der Waals surface area contributed by atoms with Crippen LogP contribution >= 0.6 is 0 Å². The molecule has 0 rings (SSSR count). The molecule has 0 aromatic carbocycles. The van der Waals surface area contributed by atoms with Crippen LogP contribution in [0.4, 0.5) is 0 Å². The fourth-order valence-corrected chi connectivity index (χ4v) is 2.91. The summed E-state index contributed by atoms with van der Waals surface area (Å²) in [6.45, 7) is 10.2. The Hall–Kier alpha value is -2.33. The van der Waals surface area contributed by atoms with Gasteiger partial charge in [0.15, 0.2) is 0 Å². The van der Waals surface area contributed by atoms with Crippen molar-refractivity contribution >= 4 is 39.4 Å². The van der Waals surface area contributed by atoms with Crippen molar-refractivity contribution in [1.82, 2.24) is 0 Å². The van der Waals surface area contributed by atoms with Crippen molar-refractivity contribution < 1.29 is 23.4 Å². The van der Waals surface area contributed by atoms with Crippen molar-refractivity contribution in [2.45, 2.75) is 0 Å². The summed E-state index contributed by atoms with van der Waals surface area (Å²) in [6.07, 6.45) is 11.3. The van der Waals surface area contributed by atoms with Crippen LogP contribution in [0.1, 0.15) is 0 Å². The van der Waals surface area contributed by atoms with Gasteiger partial charge in [0.25, 0.3) is 0 Å². The Labute approximate surface area is 137 Å². The van der Waals surface area contributed by atoms with Gasteiger partial charge >= 0.3 is 137 Å². The number of hydrogen-bond donors (Lipinski definition) is 0. The second-order valence-corrected chi connectivity index (χ2v) is 6.08. The Bertz CT molecular complexity index is 454. The first kappa shape index (κ1) is 19.7. The van der Waals surface area contributed by atoms with Gasteiger partial charge in [-0.3, -0.25) is 0 Å². The molecule has 0 fully saturated rings. The van der Waals surface area contributed by atoms with E-state index in [1.54, 1.807) is 0 Å². The minimum absolute atomic E-state index is 0.802. The summed E-state index contributed by atoms with van der Waals surface area (Å²) < 4.78 is 14.6. The topological polar surface area (TPSA) is 78.9 Å². The molecule has 6 nitrogen and oxygen atoms in total. The zero-order valence-corrected chi connectivity index (χ0v) is 14.3.